The molecule has 4 heteroatoms. The van der Waals surface area contributed by atoms with E-state index < -0.39 is 0 Å². The van der Waals surface area contributed by atoms with Gasteiger partial charge in [-0.2, -0.15) is 0 Å². The first-order chi connectivity index (χ1) is 9.13. The molecule has 19 heavy (non-hydrogen) atoms. The minimum atomic E-state index is -0.125. The SMILES string of the molecule is CC#CC(=O)N1CCOC(c2ccc(Br)cc2)C1C. The molecule has 0 spiro atoms. The molecular formula is C15H16BrNO2. The van der Waals surface area contributed by atoms with Crippen LogP contribution >= 0.6 is 15.9 Å². The van der Waals surface area contributed by atoms with Crippen molar-refractivity contribution in [3.8, 4) is 11.8 Å². The van der Waals surface area contributed by atoms with Gasteiger partial charge < -0.3 is 9.64 Å². The number of amides is 1. The van der Waals surface area contributed by atoms with E-state index in [1.165, 1.54) is 0 Å². The quantitative estimate of drug-likeness (QED) is 0.744. The topological polar surface area (TPSA) is 29.5 Å². The molecule has 0 saturated carbocycles. The molecule has 1 saturated heterocycles. The van der Waals surface area contributed by atoms with Gasteiger partial charge in [0.2, 0.25) is 0 Å². The summed E-state index contributed by atoms with van der Waals surface area (Å²) in [6.45, 7) is 4.82. The van der Waals surface area contributed by atoms with E-state index in [9.17, 15) is 4.79 Å². The third-order valence-electron chi connectivity index (χ3n) is 3.25. The maximum Gasteiger partial charge on any atom is 0.298 e. The summed E-state index contributed by atoms with van der Waals surface area (Å²) in [5, 5.41) is 0. The fourth-order valence-corrected chi connectivity index (χ4v) is 2.54. The van der Waals surface area contributed by atoms with Crippen LogP contribution in [0.4, 0.5) is 0 Å². The lowest BCUT2D eigenvalue weighted by Crippen LogP contribution is -2.48. The molecule has 3 nitrogen and oxygen atoms in total. The fraction of sp³-hybridized carbons (Fsp3) is 0.400. The Bertz CT molecular complexity index is 515. The van der Waals surface area contributed by atoms with E-state index in [0.717, 1.165) is 10.0 Å². The number of hydrogen-bond acceptors (Lipinski definition) is 2. The number of benzene rings is 1. The maximum atomic E-state index is 11.9. The van der Waals surface area contributed by atoms with E-state index >= 15 is 0 Å². The van der Waals surface area contributed by atoms with Crippen molar-refractivity contribution in [1.29, 1.82) is 0 Å². The number of hydrogen-bond donors (Lipinski definition) is 0. The van der Waals surface area contributed by atoms with Crippen molar-refractivity contribution in [2.24, 2.45) is 0 Å². The van der Waals surface area contributed by atoms with Crippen molar-refractivity contribution in [1.82, 2.24) is 4.90 Å². The smallest absolute Gasteiger partial charge is 0.298 e. The number of nitrogens with zero attached hydrogens (tertiary/aromatic N) is 1. The highest BCUT2D eigenvalue weighted by molar-refractivity contribution is 9.10. The Hall–Kier alpha value is -1.31. The van der Waals surface area contributed by atoms with Crippen LogP contribution < -0.4 is 0 Å². The van der Waals surface area contributed by atoms with Crippen LogP contribution in [0.15, 0.2) is 28.7 Å². The van der Waals surface area contributed by atoms with Gasteiger partial charge in [0.05, 0.1) is 12.6 Å². The van der Waals surface area contributed by atoms with E-state index in [1.807, 2.05) is 31.2 Å². The van der Waals surface area contributed by atoms with E-state index in [2.05, 4.69) is 27.8 Å². The molecule has 1 aliphatic heterocycles. The Morgan fingerprint density at radius 1 is 1.42 bits per heavy atom. The van der Waals surface area contributed by atoms with Crippen molar-refractivity contribution < 1.29 is 9.53 Å². The standard InChI is InChI=1S/C15H16BrNO2/c1-3-4-14(18)17-9-10-19-15(11(17)2)12-5-7-13(16)8-6-12/h5-8,11,15H,9-10H2,1-2H3. The maximum absolute atomic E-state index is 11.9. The fourth-order valence-electron chi connectivity index (χ4n) is 2.28. The molecule has 1 aliphatic rings. The average Bonchev–Trinajstić information content (AvgIpc) is 2.40. The van der Waals surface area contributed by atoms with Crippen LogP contribution in [0.5, 0.6) is 0 Å². The second-order valence-corrected chi connectivity index (χ2v) is 5.37. The first-order valence-electron chi connectivity index (χ1n) is 6.24. The summed E-state index contributed by atoms with van der Waals surface area (Å²) in [6.07, 6.45) is -0.0931. The summed E-state index contributed by atoms with van der Waals surface area (Å²) in [5.41, 5.74) is 1.08. The predicted octanol–water partition coefficient (Wildman–Crippen LogP) is 2.76. The summed E-state index contributed by atoms with van der Waals surface area (Å²) in [6, 6.07) is 7.99. The van der Waals surface area contributed by atoms with Crippen molar-refractivity contribution in [2.45, 2.75) is 26.0 Å². The lowest BCUT2D eigenvalue weighted by atomic mass is 10.0. The zero-order valence-corrected chi connectivity index (χ0v) is 12.6. The number of carbonyl (C=O) groups is 1. The molecule has 1 fully saturated rings. The van der Waals surface area contributed by atoms with Crippen molar-refractivity contribution in [3.63, 3.8) is 0 Å². The Kier molecular flexibility index (Phi) is 4.62. The highest BCUT2D eigenvalue weighted by atomic mass is 79.9. The van der Waals surface area contributed by atoms with E-state index in [4.69, 9.17) is 4.74 Å². The Balaban J connectivity index is 2.19. The van der Waals surface area contributed by atoms with Crippen LogP contribution in [-0.4, -0.2) is 30.0 Å². The van der Waals surface area contributed by atoms with Gasteiger partial charge in [-0.15, -0.1) is 0 Å². The normalized spacial score (nSPS) is 22.6. The zero-order chi connectivity index (χ0) is 13.8. The average molecular weight is 322 g/mol. The molecule has 2 rings (SSSR count). The first-order valence-corrected chi connectivity index (χ1v) is 7.03. The van der Waals surface area contributed by atoms with Crippen molar-refractivity contribution >= 4 is 21.8 Å². The minimum absolute atomic E-state index is 0.0109. The molecule has 1 amide bonds. The summed E-state index contributed by atoms with van der Waals surface area (Å²) < 4.78 is 6.85. The third-order valence-corrected chi connectivity index (χ3v) is 3.78. The van der Waals surface area contributed by atoms with Gasteiger partial charge in [-0.3, -0.25) is 4.79 Å². The Morgan fingerprint density at radius 2 is 2.11 bits per heavy atom. The number of carbonyl (C=O) groups excluding carboxylic acids is 1. The minimum Gasteiger partial charge on any atom is -0.370 e. The van der Waals surface area contributed by atoms with Crippen LogP contribution in [-0.2, 0) is 9.53 Å². The highest BCUT2D eigenvalue weighted by Crippen LogP contribution is 2.29. The Morgan fingerprint density at radius 3 is 2.74 bits per heavy atom. The van der Waals surface area contributed by atoms with Crippen molar-refractivity contribution in [3.05, 3.63) is 34.3 Å². The van der Waals surface area contributed by atoms with Gasteiger partial charge in [-0.05, 0) is 37.5 Å². The molecule has 0 aliphatic carbocycles. The second kappa shape index (κ2) is 6.23. The van der Waals surface area contributed by atoms with Crippen LogP contribution in [0.1, 0.15) is 25.5 Å². The van der Waals surface area contributed by atoms with Crippen LogP contribution in [0, 0.1) is 11.8 Å². The van der Waals surface area contributed by atoms with Gasteiger partial charge in [-0.25, -0.2) is 0 Å². The van der Waals surface area contributed by atoms with Crippen LogP contribution in [0.3, 0.4) is 0 Å². The lowest BCUT2D eigenvalue weighted by molar-refractivity contribution is -0.139. The molecule has 0 aromatic heterocycles. The molecule has 2 unspecified atom stereocenters. The predicted molar refractivity (Wildman–Crippen MR) is 77.5 cm³/mol. The molecule has 1 aromatic carbocycles. The van der Waals surface area contributed by atoms with Gasteiger partial charge in [-0.1, -0.05) is 34.0 Å². The van der Waals surface area contributed by atoms with Crippen LogP contribution in [0.25, 0.3) is 0 Å². The van der Waals surface area contributed by atoms with Gasteiger partial charge in [0.25, 0.3) is 5.91 Å². The summed E-state index contributed by atoms with van der Waals surface area (Å²) >= 11 is 3.42. The largest absolute Gasteiger partial charge is 0.370 e. The summed E-state index contributed by atoms with van der Waals surface area (Å²) in [5.74, 6) is 5.14. The molecule has 1 heterocycles. The lowest BCUT2D eigenvalue weighted by Gasteiger charge is -2.38. The molecule has 1 aromatic rings. The molecule has 2 atom stereocenters. The van der Waals surface area contributed by atoms with E-state index in [-0.39, 0.29) is 18.1 Å². The van der Waals surface area contributed by atoms with Gasteiger partial charge in [0, 0.05) is 11.0 Å². The number of halogens is 1. The number of rotatable bonds is 1. The number of morpholine rings is 1. The summed E-state index contributed by atoms with van der Waals surface area (Å²) in [7, 11) is 0. The van der Waals surface area contributed by atoms with Gasteiger partial charge >= 0.3 is 0 Å². The molecule has 0 bridgehead atoms. The highest BCUT2D eigenvalue weighted by Gasteiger charge is 2.32. The van der Waals surface area contributed by atoms with Gasteiger partial charge in [0.15, 0.2) is 0 Å². The van der Waals surface area contributed by atoms with Crippen LogP contribution in [0.2, 0.25) is 0 Å². The van der Waals surface area contributed by atoms with E-state index in [0.29, 0.717) is 13.2 Å². The molecule has 0 radical (unpaired) electrons. The Labute approximate surface area is 122 Å². The van der Waals surface area contributed by atoms with Gasteiger partial charge in [0.1, 0.15) is 6.10 Å². The molecule has 100 valence electrons. The second-order valence-electron chi connectivity index (χ2n) is 4.46. The molecule has 0 N–H and O–H groups in total. The van der Waals surface area contributed by atoms with Crippen molar-refractivity contribution in [2.75, 3.05) is 13.2 Å². The molecular weight excluding hydrogens is 306 g/mol. The zero-order valence-electron chi connectivity index (χ0n) is 11.0. The number of ether oxygens (including phenoxy) is 1. The third kappa shape index (κ3) is 3.17. The summed E-state index contributed by atoms with van der Waals surface area (Å²) in [4.78, 5) is 13.7. The first kappa shape index (κ1) is 14.1. The monoisotopic (exact) mass is 321 g/mol. The van der Waals surface area contributed by atoms with E-state index in [1.54, 1.807) is 11.8 Å².